The number of aliphatic hydroxyl groups is 1. The zero-order valence-electron chi connectivity index (χ0n) is 11.7. The monoisotopic (exact) mass is 291 g/mol. The summed E-state index contributed by atoms with van der Waals surface area (Å²) in [6.07, 6.45) is 0.457. The number of amides is 1. The highest BCUT2D eigenvalue weighted by molar-refractivity contribution is 6.00. The standard InChI is InChI=1S/C14H17N3O4/c1-8-2-3-16(7-13(8)18)11-6-10-9(5-14(19)15-10)4-12(11)17(20)21/h4,6,8,13,18H,2-3,5,7H2,1H3,(H,15,19). The Hall–Kier alpha value is -2.15. The van der Waals surface area contributed by atoms with Gasteiger partial charge in [-0.25, -0.2) is 0 Å². The molecule has 7 heteroatoms. The summed E-state index contributed by atoms with van der Waals surface area (Å²) >= 11 is 0. The summed E-state index contributed by atoms with van der Waals surface area (Å²) in [5, 5.41) is 24.0. The Kier molecular flexibility index (Phi) is 3.29. The number of rotatable bonds is 2. The molecule has 0 radical (unpaired) electrons. The molecule has 7 nitrogen and oxygen atoms in total. The lowest BCUT2D eigenvalue weighted by Gasteiger charge is -2.35. The number of nitro benzene ring substituents is 1. The van der Waals surface area contributed by atoms with Gasteiger partial charge in [0.1, 0.15) is 5.69 Å². The SMILES string of the molecule is CC1CCN(c2cc3c(cc2[N+](=O)[O-])CC(=O)N3)CC1O. The molecule has 112 valence electrons. The van der Waals surface area contributed by atoms with E-state index in [4.69, 9.17) is 0 Å². The van der Waals surface area contributed by atoms with Gasteiger partial charge in [-0.15, -0.1) is 0 Å². The number of carbonyl (C=O) groups excluding carboxylic acids is 1. The van der Waals surface area contributed by atoms with Gasteiger partial charge in [0.15, 0.2) is 0 Å². The molecular formula is C14H17N3O4. The van der Waals surface area contributed by atoms with Crippen LogP contribution in [0.4, 0.5) is 17.1 Å². The van der Waals surface area contributed by atoms with Crippen LogP contribution in [0.5, 0.6) is 0 Å². The second kappa shape index (κ2) is 5.00. The van der Waals surface area contributed by atoms with Gasteiger partial charge in [-0.3, -0.25) is 14.9 Å². The number of aliphatic hydroxyl groups excluding tert-OH is 1. The summed E-state index contributed by atoms with van der Waals surface area (Å²) in [5.74, 6) is 0.0400. The minimum absolute atomic E-state index is 0.00740. The lowest BCUT2D eigenvalue weighted by atomic mass is 9.95. The van der Waals surface area contributed by atoms with Crippen molar-refractivity contribution in [2.75, 3.05) is 23.3 Å². The van der Waals surface area contributed by atoms with E-state index in [2.05, 4.69) is 5.32 Å². The van der Waals surface area contributed by atoms with Crippen LogP contribution < -0.4 is 10.2 Å². The number of piperidine rings is 1. The highest BCUT2D eigenvalue weighted by Gasteiger charge is 2.31. The summed E-state index contributed by atoms with van der Waals surface area (Å²) in [4.78, 5) is 24.1. The first-order valence-electron chi connectivity index (χ1n) is 7.00. The van der Waals surface area contributed by atoms with Crippen molar-refractivity contribution >= 4 is 23.0 Å². The quantitative estimate of drug-likeness (QED) is 0.632. The molecule has 3 rings (SSSR count). The zero-order chi connectivity index (χ0) is 15.1. The van der Waals surface area contributed by atoms with Crippen molar-refractivity contribution in [1.29, 1.82) is 0 Å². The van der Waals surface area contributed by atoms with Gasteiger partial charge in [0.2, 0.25) is 5.91 Å². The van der Waals surface area contributed by atoms with Crippen LogP contribution in [0.25, 0.3) is 0 Å². The number of nitrogens with one attached hydrogen (secondary N) is 1. The Morgan fingerprint density at radius 2 is 2.24 bits per heavy atom. The van der Waals surface area contributed by atoms with E-state index in [1.165, 1.54) is 6.07 Å². The number of fused-ring (bicyclic) bond motifs is 1. The molecular weight excluding hydrogens is 274 g/mol. The molecule has 2 unspecified atom stereocenters. The number of nitrogens with zero attached hydrogens (tertiary/aromatic N) is 2. The Bertz CT molecular complexity index is 616. The number of hydrogen-bond acceptors (Lipinski definition) is 5. The second-order valence-electron chi connectivity index (χ2n) is 5.76. The molecule has 0 spiro atoms. The van der Waals surface area contributed by atoms with Gasteiger partial charge < -0.3 is 15.3 Å². The maximum atomic E-state index is 11.4. The van der Waals surface area contributed by atoms with Crippen molar-refractivity contribution in [1.82, 2.24) is 0 Å². The summed E-state index contributed by atoms with van der Waals surface area (Å²) in [6, 6.07) is 3.12. The average molecular weight is 291 g/mol. The molecule has 1 amide bonds. The van der Waals surface area contributed by atoms with E-state index in [1.807, 2.05) is 11.8 Å². The molecule has 1 fully saturated rings. The van der Waals surface area contributed by atoms with Gasteiger partial charge in [-0.05, 0) is 24.0 Å². The van der Waals surface area contributed by atoms with Crippen LogP contribution in [0, 0.1) is 16.0 Å². The van der Waals surface area contributed by atoms with Crippen LogP contribution in [0.1, 0.15) is 18.9 Å². The number of hydrogen-bond donors (Lipinski definition) is 2. The predicted octanol–water partition coefficient (Wildman–Crippen LogP) is 1.30. The molecule has 0 aromatic heterocycles. The molecule has 0 bridgehead atoms. The molecule has 1 aromatic rings. The summed E-state index contributed by atoms with van der Waals surface area (Å²) in [5.41, 5.74) is 1.74. The van der Waals surface area contributed by atoms with Gasteiger partial charge in [0.25, 0.3) is 5.69 Å². The highest BCUT2D eigenvalue weighted by Crippen LogP contribution is 2.38. The minimum Gasteiger partial charge on any atom is -0.391 e. The molecule has 2 heterocycles. The van der Waals surface area contributed by atoms with Gasteiger partial charge in [0.05, 0.1) is 17.4 Å². The smallest absolute Gasteiger partial charge is 0.292 e. The van der Waals surface area contributed by atoms with Crippen molar-refractivity contribution < 1.29 is 14.8 Å². The molecule has 1 saturated heterocycles. The van der Waals surface area contributed by atoms with Crippen molar-refractivity contribution in [3.8, 4) is 0 Å². The summed E-state index contributed by atoms with van der Waals surface area (Å²) < 4.78 is 0. The Morgan fingerprint density at radius 3 is 2.90 bits per heavy atom. The largest absolute Gasteiger partial charge is 0.391 e. The average Bonchev–Trinajstić information content (AvgIpc) is 2.79. The number of benzene rings is 1. The number of β-amino-alcohol motifs (C(OH)–C–C–N with tert-alkyl or cyclic N) is 1. The third-order valence-corrected chi connectivity index (χ3v) is 4.28. The van der Waals surface area contributed by atoms with Crippen molar-refractivity contribution in [2.24, 2.45) is 5.92 Å². The van der Waals surface area contributed by atoms with E-state index < -0.39 is 11.0 Å². The number of carbonyl (C=O) groups is 1. The lowest BCUT2D eigenvalue weighted by Crippen LogP contribution is -2.43. The van der Waals surface area contributed by atoms with E-state index in [9.17, 15) is 20.0 Å². The third-order valence-electron chi connectivity index (χ3n) is 4.28. The van der Waals surface area contributed by atoms with E-state index in [0.717, 1.165) is 6.42 Å². The lowest BCUT2D eigenvalue weighted by molar-refractivity contribution is -0.384. The van der Waals surface area contributed by atoms with Crippen LogP contribution in [0.3, 0.4) is 0 Å². The fourth-order valence-electron chi connectivity index (χ4n) is 2.92. The van der Waals surface area contributed by atoms with Crippen LogP contribution >= 0.6 is 0 Å². The zero-order valence-corrected chi connectivity index (χ0v) is 11.7. The van der Waals surface area contributed by atoms with Crippen LogP contribution in [0.15, 0.2) is 12.1 Å². The number of anilines is 2. The fourth-order valence-corrected chi connectivity index (χ4v) is 2.92. The van der Waals surface area contributed by atoms with E-state index in [0.29, 0.717) is 30.0 Å². The van der Waals surface area contributed by atoms with Gasteiger partial charge >= 0.3 is 0 Å². The molecule has 0 saturated carbocycles. The summed E-state index contributed by atoms with van der Waals surface area (Å²) in [7, 11) is 0. The van der Waals surface area contributed by atoms with Gasteiger partial charge in [-0.1, -0.05) is 6.92 Å². The van der Waals surface area contributed by atoms with Crippen LogP contribution in [-0.2, 0) is 11.2 Å². The topological polar surface area (TPSA) is 95.7 Å². The Balaban J connectivity index is 1.99. The molecule has 2 atom stereocenters. The molecule has 0 aliphatic carbocycles. The minimum atomic E-state index is -0.499. The Labute approximate surface area is 121 Å². The number of nitro groups is 1. The van der Waals surface area contributed by atoms with Gasteiger partial charge in [-0.2, -0.15) is 0 Å². The third kappa shape index (κ3) is 2.44. The molecule has 2 N–H and O–H groups in total. The molecule has 2 aliphatic rings. The maximum Gasteiger partial charge on any atom is 0.292 e. The van der Waals surface area contributed by atoms with Crippen molar-refractivity contribution in [2.45, 2.75) is 25.9 Å². The molecule has 21 heavy (non-hydrogen) atoms. The van der Waals surface area contributed by atoms with Crippen LogP contribution in [-0.4, -0.2) is 35.1 Å². The molecule has 1 aromatic carbocycles. The van der Waals surface area contributed by atoms with Gasteiger partial charge in [0, 0.05) is 24.8 Å². The van der Waals surface area contributed by atoms with Crippen molar-refractivity contribution in [3.63, 3.8) is 0 Å². The summed E-state index contributed by atoms with van der Waals surface area (Å²) in [6.45, 7) is 3.00. The van der Waals surface area contributed by atoms with E-state index in [1.54, 1.807) is 6.07 Å². The van der Waals surface area contributed by atoms with Crippen molar-refractivity contribution in [3.05, 3.63) is 27.8 Å². The first kappa shape index (κ1) is 13.8. The second-order valence-corrected chi connectivity index (χ2v) is 5.76. The van der Waals surface area contributed by atoms with E-state index >= 15 is 0 Å². The first-order chi connectivity index (χ1) is 9.95. The Morgan fingerprint density at radius 1 is 1.48 bits per heavy atom. The van der Waals surface area contributed by atoms with Crippen LogP contribution in [0.2, 0.25) is 0 Å². The highest BCUT2D eigenvalue weighted by atomic mass is 16.6. The predicted molar refractivity (Wildman–Crippen MR) is 77.4 cm³/mol. The maximum absolute atomic E-state index is 11.4. The first-order valence-corrected chi connectivity index (χ1v) is 7.00. The van der Waals surface area contributed by atoms with E-state index in [-0.39, 0.29) is 23.9 Å². The normalized spacial score (nSPS) is 24.7. The molecule has 2 aliphatic heterocycles. The fraction of sp³-hybridized carbons (Fsp3) is 0.500.